The molecule has 13 heavy (non-hydrogen) atoms. The molecule has 0 aliphatic rings. The minimum Gasteiger partial charge on any atom is -0.243 e. The molecule has 0 saturated carbocycles. The Morgan fingerprint density at radius 2 is 2.00 bits per heavy atom. The molecule has 0 aliphatic carbocycles. The Bertz CT molecular complexity index is 383. The number of halogens is 1. The van der Waals surface area contributed by atoms with Gasteiger partial charge < -0.3 is 0 Å². The topological polar surface area (TPSA) is 47.0 Å². The molecular formula is C8H10ClNO2S. The van der Waals surface area contributed by atoms with E-state index in [0.29, 0.717) is 5.15 Å². The minimum absolute atomic E-state index is 0.215. The van der Waals surface area contributed by atoms with Crippen LogP contribution in [0.5, 0.6) is 0 Å². The number of rotatable bonds is 2. The van der Waals surface area contributed by atoms with Gasteiger partial charge in [-0.1, -0.05) is 11.6 Å². The molecule has 72 valence electrons. The van der Waals surface area contributed by atoms with Crippen molar-refractivity contribution in [2.45, 2.75) is 24.0 Å². The molecule has 0 bridgehead atoms. The van der Waals surface area contributed by atoms with E-state index in [9.17, 15) is 8.42 Å². The van der Waals surface area contributed by atoms with Gasteiger partial charge in [-0.3, -0.25) is 0 Å². The van der Waals surface area contributed by atoms with Gasteiger partial charge in [0.05, 0.1) is 10.1 Å². The van der Waals surface area contributed by atoms with Crippen LogP contribution in [0.3, 0.4) is 0 Å². The van der Waals surface area contributed by atoms with E-state index in [1.165, 1.54) is 18.3 Å². The van der Waals surface area contributed by atoms with Crippen molar-refractivity contribution in [3.8, 4) is 0 Å². The summed E-state index contributed by atoms with van der Waals surface area (Å²) in [5.41, 5.74) is 0. The zero-order chi connectivity index (χ0) is 10.1. The van der Waals surface area contributed by atoms with Crippen LogP contribution >= 0.6 is 11.6 Å². The molecule has 5 heteroatoms. The second-order valence-electron chi connectivity index (χ2n) is 2.91. The van der Waals surface area contributed by atoms with E-state index in [1.807, 2.05) is 0 Å². The maximum absolute atomic E-state index is 11.6. The van der Waals surface area contributed by atoms with Gasteiger partial charge in [0.2, 0.25) is 0 Å². The first-order chi connectivity index (χ1) is 5.94. The Balaban J connectivity index is 3.17. The zero-order valence-corrected chi connectivity index (χ0v) is 8.93. The SMILES string of the molecule is CC(C)S(=O)(=O)c1ccc(Cl)nc1. The summed E-state index contributed by atoms with van der Waals surface area (Å²) in [5.74, 6) is 0. The predicted molar refractivity (Wildman–Crippen MR) is 51.6 cm³/mol. The summed E-state index contributed by atoms with van der Waals surface area (Å²) in [4.78, 5) is 3.93. The highest BCUT2D eigenvalue weighted by atomic mass is 35.5. The van der Waals surface area contributed by atoms with E-state index in [-0.39, 0.29) is 4.90 Å². The lowest BCUT2D eigenvalue weighted by atomic mass is 10.5. The zero-order valence-electron chi connectivity index (χ0n) is 7.36. The maximum atomic E-state index is 11.6. The van der Waals surface area contributed by atoms with Crippen molar-refractivity contribution in [3.05, 3.63) is 23.5 Å². The van der Waals surface area contributed by atoms with E-state index in [4.69, 9.17) is 11.6 Å². The first-order valence-corrected chi connectivity index (χ1v) is 5.72. The second-order valence-corrected chi connectivity index (χ2v) is 5.80. The number of hydrogen-bond acceptors (Lipinski definition) is 3. The molecule has 0 amide bonds. The maximum Gasteiger partial charge on any atom is 0.182 e. The molecule has 0 atom stereocenters. The number of aromatic nitrogens is 1. The quantitative estimate of drug-likeness (QED) is 0.714. The van der Waals surface area contributed by atoms with Crippen molar-refractivity contribution in [2.24, 2.45) is 0 Å². The summed E-state index contributed by atoms with van der Waals surface area (Å²) in [6.07, 6.45) is 1.28. The largest absolute Gasteiger partial charge is 0.243 e. The molecule has 0 aliphatic heterocycles. The van der Waals surface area contributed by atoms with Crippen LogP contribution in [-0.4, -0.2) is 18.7 Å². The fourth-order valence-corrected chi connectivity index (χ4v) is 1.92. The van der Waals surface area contributed by atoms with Crippen LogP contribution < -0.4 is 0 Å². The average molecular weight is 220 g/mol. The second kappa shape index (κ2) is 3.64. The smallest absolute Gasteiger partial charge is 0.182 e. The van der Waals surface area contributed by atoms with E-state index in [1.54, 1.807) is 13.8 Å². The van der Waals surface area contributed by atoms with E-state index >= 15 is 0 Å². The van der Waals surface area contributed by atoms with Crippen LogP contribution in [0.15, 0.2) is 23.2 Å². The molecule has 1 heterocycles. The molecule has 1 aromatic heterocycles. The lowest BCUT2D eigenvalue weighted by Crippen LogP contribution is -2.13. The molecule has 0 saturated heterocycles. The van der Waals surface area contributed by atoms with Crippen LogP contribution in [0.25, 0.3) is 0 Å². The van der Waals surface area contributed by atoms with Crippen LogP contribution in [0.4, 0.5) is 0 Å². The van der Waals surface area contributed by atoms with Crippen molar-refractivity contribution in [1.82, 2.24) is 4.98 Å². The molecule has 3 nitrogen and oxygen atoms in total. The average Bonchev–Trinajstić information content (AvgIpc) is 2.04. The molecule has 0 N–H and O–H groups in total. The number of nitrogens with zero attached hydrogens (tertiary/aromatic N) is 1. The monoisotopic (exact) mass is 219 g/mol. The Kier molecular flexibility index (Phi) is 2.93. The fraction of sp³-hybridized carbons (Fsp3) is 0.375. The molecule has 0 unspecified atom stereocenters. The van der Waals surface area contributed by atoms with Crippen molar-refractivity contribution in [3.63, 3.8) is 0 Å². The third-order valence-corrected chi connectivity index (χ3v) is 4.01. The third-order valence-electron chi connectivity index (χ3n) is 1.65. The third kappa shape index (κ3) is 2.19. The lowest BCUT2D eigenvalue weighted by molar-refractivity contribution is 0.587. The highest BCUT2D eigenvalue weighted by molar-refractivity contribution is 7.92. The Morgan fingerprint density at radius 3 is 2.38 bits per heavy atom. The van der Waals surface area contributed by atoms with E-state index in [0.717, 1.165) is 0 Å². The Hall–Kier alpha value is -0.610. The van der Waals surface area contributed by atoms with Gasteiger partial charge in [0.1, 0.15) is 5.15 Å². The summed E-state index contributed by atoms with van der Waals surface area (Å²) >= 11 is 5.54. The van der Waals surface area contributed by atoms with Gasteiger partial charge in [0, 0.05) is 6.20 Å². The Labute approximate surface area is 82.7 Å². The summed E-state index contributed by atoms with van der Waals surface area (Å²) < 4.78 is 23.1. The van der Waals surface area contributed by atoms with Gasteiger partial charge in [-0.2, -0.15) is 0 Å². The molecule has 0 radical (unpaired) electrons. The fourth-order valence-electron chi connectivity index (χ4n) is 0.803. The summed E-state index contributed by atoms with van der Waals surface area (Å²) in [6, 6.07) is 2.93. The highest BCUT2D eigenvalue weighted by Crippen LogP contribution is 2.15. The summed E-state index contributed by atoms with van der Waals surface area (Å²) in [6.45, 7) is 3.26. The number of pyridine rings is 1. The minimum atomic E-state index is -3.21. The number of sulfone groups is 1. The normalized spacial score (nSPS) is 12.0. The van der Waals surface area contributed by atoms with Crippen LogP contribution in [-0.2, 0) is 9.84 Å². The van der Waals surface area contributed by atoms with Gasteiger partial charge in [0.15, 0.2) is 9.84 Å². The van der Waals surface area contributed by atoms with Gasteiger partial charge in [-0.05, 0) is 26.0 Å². The molecular weight excluding hydrogens is 210 g/mol. The first-order valence-electron chi connectivity index (χ1n) is 3.80. The standard InChI is InChI=1S/C8H10ClNO2S/c1-6(2)13(11,12)7-3-4-8(9)10-5-7/h3-6H,1-2H3. The summed E-state index contributed by atoms with van der Waals surface area (Å²) in [5, 5.41) is -0.141. The van der Waals surface area contributed by atoms with Crippen molar-refractivity contribution in [1.29, 1.82) is 0 Å². The van der Waals surface area contributed by atoms with E-state index < -0.39 is 15.1 Å². The van der Waals surface area contributed by atoms with Crippen molar-refractivity contribution >= 4 is 21.4 Å². The van der Waals surface area contributed by atoms with Gasteiger partial charge in [0.25, 0.3) is 0 Å². The molecule has 1 aromatic rings. The van der Waals surface area contributed by atoms with Crippen LogP contribution in [0.2, 0.25) is 5.15 Å². The molecule has 0 fully saturated rings. The van der Waals surface area contributed by atoms with Crippen LogP contribution in [0, 0.1) is 0 Å². The van der Waals surface area contributed by atoms with Gasteiger partial charge >= 0.3 is 0 Å². The Morgan fingerprint density at radius 1 is 1.38 bits per heavy atom. The molecule has 1 rings (SSSR count). The van der Waals surface area contributed by atoms with Crippen LogP contribution in [0.1, 0.15) is 13.8 Å². The van der Waals surface area contributed by atoms with Gasteiger partial charge in [-0.25, -0.2) is 13.4 Å². The van der Waals surface area contributed by atoms with Crippen molar-refractivity contribution < 1.29 is 8.42 Å². The molecule has 0 aromatic carbocycles. The number of hydrogen-bond donors (Lipinski definition) is 0. The predicted octanol–water partition coefficient (Wildman–Crippen LogP) is 1.92. The van der Waals surface area contributed by atoms with E-state index in [2.05, 4.69) is 4.98 Å². The first kappa shape index (κ1) is 10.5. The highest BCUT2D eigenvalue weighted by Gasteiger charge is 2.18. The van der Waals surface area contributed by atoms with Crippen molar-refractivity contribution in [2.75, 3.05) is 0 Å². The lowest BCUT2D eigenvalue weighted by Gasteiger charge is -2.06. The summed E-state index contributed by atoms with van der Waals surface area (Å²) in [7, 11) is -3.21. The molecule has 0 spiro atoms. The van der Waals surface area contributed by atoms with Gasteiger partial charge in [-0.15, -0.1) is 0 Å².